The first-order chi connectivity index (χ1) is 10.9. The highest BCUT2D eigenvalue weighted by Gasteiger charge is 2.19. The predicted molar refractivity (Wildman–Crippen MR) is 84.6 cm³/mol. The summed E-state index contributed by atoms with van der Waals surface area (Å²) in [6, 6.07) is 10.1. The van der Waals surface area contributed by atoms with E-state index in [1.54, 1.807) is 6.26 Å². The monoisotopic (exact) mass is 297 g/mol. The molecule has 1 saturated heterocycles. The van der Waals surface area contributed by atoms with Crippen LogP contribution >= 0.6 is 0 Å². The molecule has 3 heterocycles. The van der Waals surface area contributed by atoms with Gasteiger partial charge in [-0.15, -0.1) is 0 Å². The first kappa shape index (κ1) is 13.4. The third kappa shape index (κ3) is 2.48. The van der Waals surface area contributed by atoms with Crippen LogP contribution in [0.25, 0.3) is 10.9 Å². The normalized spacial score (nSPS) is 18.6. The van der Waals surface area contributed by atoms with Crippen LogP contribution in [0.2, 0.25) is 0 Å². The lowest BCUT2D eigenvalue weighted by molar-refractivity contribution is -0.0366. The van der Waals surface area contributed by atoms with Crippen LogP contribution in [0.5, 0.6) is 0 Å². The number of nitrogens with one attached hydrogen (secondary N) is 1. The van der Waals surface area contributed by atoms with Crippen LogP contribution < -0.4 is 5.32 Å². The number of aromatic nitrogens is 2. The van der Waals surface area contributed by atoms with Crippen LogP contribution in [0.4, 0.5) is 5.69 Å². The van der Waals surface area contributed by atoms with E-state index in [-0.39, 0.29) is 6.23 Å². The molecule has 1 aliphatic heterocycles. The quantitative estimate of drug-likeness (QED) is 0.792. The Hall–Kier alpha value is -2.27. The first-order valence-corrected chi connectivity index (χ1v) is 7.76. The summed E-state index contributed by atoms with van der Waals surface area (Å²) in [6.45, 7) is 1.49. The number of rotatable bonds is 4. The molecule has 1 fully saturated rings. The van der Waals surface area contributed by atoms with E-state index < -0.39 is 0 Å². The van der Waals surface area contributed by atoms with Crippen molar-refractivity contribution in [2.45, 2.75) is 32.0 Å². The maximum absolute atomic E-state index is 5.85. The number of ether oxygens (including phenoxy) is 1. The van der Waals surface area contributed by atoms with Gasteiger partial charge in [0.2, 0.25) is 0 Å². The van der Waals surface area contributed by atoms with Crippen molar-refractivity contribution in [2.75, 3.05) is 11.9 Å². The summed E-state index contributed by atoms with van der Waals surface area (Å²) in [6.07, 6.45) is 7.04. The molecule has 1 aromatic carbocycles. The van der Waals surface area contributed by atoms with Crippen molar-refractivity contribution in [1.82, 2.24) is 9.78 Å². The fourth-order valence-electron chi connectivity index (χ4n) is 2.97. The Labute approximate surface area is 128 Å². The lowest BCUT2D eigenvalue weighted by Gasteiger charge is -2.23. The number of hydrogen-bond acceptors (Lipinski definition) is 4. The van der Waals surface area contributed by atoms with Gasteiger partial charge in [-0.05, 0) is 43.5 Å². The topological polar surface area (TPSA) is 52.2 Å². The summed E-state index contributed by atoms with van der Waals surface area (Å²) < 4.78 is 13.2. The Morgan fingerprint density at radius 2 is 2.23 bits per heavy atom. The summed E-state index contributed by atoms with van der Waals surface area (Å²) in [4.78, 5) is 0. The zero-order chi connectivity index (χ0) is 14.8. The van der Waals surface area contributed by atoms with Crippen molar-refractivity contribution in [1.29, 1.82) is 0 Å². The SMILES string of the molecule is c1coc(CNc2cccc3c2cnn3C2CCCCO2)c1. The minimum absolute atomic E-state index is 0.0616. The molecule has 0 aliphatic carbocycles. The van der Waals surface area contributed by atoms with E-state index in [0.29, 0.717) is 6.54 Å². The maximum Gasteiger partial charge on any atom is 0.150 e. The molecule has 22 heavy (non-hydrogen) atoms. The smallest absolute Gasteiger partial charge is 0.150 e. The van der Waals surface area contributed by atoms with Gasteiger partial charge in [0.15, 0.2) is 6.23 Å². The van der Waals surface area contributed by atoms with Crippen LogP contribution in [0.3, 0.4) is 0 Å². The Bertz CT molecular complexity index is 742. The number of hydrogen-bond donors (Lipinski definition) is 1. The van der Waals surface area contributed by atoms with Crippen LogP contribution in [-0.4, -0.2) is 16.4 Å². The van der Waals surface area contributed by atoms with Gasteiger partial charge >= 0.3 is 0 Å². The summed E-state index contributed by atoms with van der Waals surface area (Å²) in [7, 11) is 0. The molecule has 0 bridgehead atoms. The summed E-state index contributed by atoms with van der Waals surface area (Å²) in [5, 5.41) is 9.09. The Morgan fingerprint density at radius 3 is 3.05 bits per heavy atom. The summed E-state index contributed by atoms with van der Waals surface area (Å²) in [5.41, 5.74) is 2.17. The number of anilines is 1. The number of benzene rings is 1. The van der Waals surface area contributed by atoms with E-state index in [1.807, 2.05) is 29.1 Å². The van der Waals surface area contributed by atoms with Crippen LogP contribution in [0.1, 0.15) is 31.3 Å². The van der Waals surface area contributed by atoms with Gasteiger partial charge in [-0.2, -0.15) is 5.10 Å². The zero-order valence-electron chi connectivity index (χ0n) is 12.4. The molecule has 3 aromatic rings. The minimum Gasteiger partial charge on any atom is -0.467 e. The van der Waals surface area contributed by atoms with E-state index in [0.717, 1.165) is 41.8 Å². The van der Waals surface area contributed by atoms with Crippen LogP contribution in [0, 0.1) is 0 Å². The van der Waals surface area contributed by atoms with Crippen molar-refractivity contribution in [3.8, 4) is 0 Å². The van der Waals surface area contributed by atoms with Gasteiger partial charge in [0.05, 0.1) is 24.5 Å². The highest BCUT2D eigenvalue weighted by Crippen LogP contribution is 2.29. The molecule has 1 N–H and O–H groups in total. The molecule has 0 radical (unpaired) electrons. The van der Waals surface area contributed by atoms with E-state index in [1.165, 1.54) is 6.42 Å². The fourth-order valence-corrected chi connectivity index (χ4v) is 2.97. The molecule has 0 saturated carbocycles. The molecule has 1 atom stereocenters. The second-order valence-corrected chi connectivity index (χ2v) is 5.58. The van der Waals surface area contributed by atoms with Gasteiger partial charge in [-0.1, -0.05) is 6.07 Å². The molecule has 1 aliphatic rings. The second kappa shape index (κ2) is 5.85. The molecule has 5 heteroatoms. The van der Waals surface area contributed by atoms with E-state index in [9.17, 15) is 0 Å². The number of furan rings is 1. The number of fused-ring (bicyclic) bond motifs is 1. The van der Waals surface area contributed by atoms with Gasteiger partial charge in [0, 0.05) is 17.7 Å². The molecular weight excluding hydrogens is 278 g/mol. The molecule has 1 unspecified atom stereocenters. The minimum atomic E-state index is 0.0616. The molecule has 0 amide bonds. The molecular formula is C17H19N3O2. The summed E-state index contributed by atoms with van der Waals surface area (Å²) in [5.74, 6) is 0.917. The van der Waals surface area contributed by atoms with Gasteiger partial charge in [0.1, 0.15) is 5.76 Å². The van der Waals surface area contributed by atoms with Crippen LogP contribution in [-0.2, 0) is 11.3 Å². The van der Waals surface area contributed by atoms with Crippen molar-refractivity contribution in [3.05, 3.63) is 48.6 Å². The Morgan fingerprint density at radius 1 is 1.23 bits per heavy atom. The van der Waals surface area contributed by atoms with Crippen molar-refractivity contribution >= 4 is 16.6 Å². The van der Waals surface area contributed by atoms with Gasteiger partial charge in [-0.3, -0.25) is 0 Å². The van der Waals surface area contributed by atoms with Crippen molar-refractivity contribution < 1.29 is 9.15 Å². The van der Waals surface area contributed by atoms with E-state index >= 15 is 0 Å². The van der Waals surface area contributed by atoms with E-state index in [2.05, 4.69) is 22.5 Å². The largest absolute Gasteiger partial charge is 0.467 e. The highest BCUT2D eigenvalue weighted by atomic mass is 16.5. The summed E-state index contributed by atoms with van der Waals surface area (Å²) >= 11 is 0. The van der Waals surface area contributed by atoms with Crippen LogP contribution in [0.15, 0.2) is 47.2 Å². The third-order valence-corrected chi connectivity index (χ3v) is 4.10. The standard InChI is InChI=1S/C17H19N3O2/c1-2-9-22-17(8-1)20-16-7-3-6-15(14(16)12-19-20)18-11-13-5-4-10-21-13/h3-7,10,12,17-18H,1-2,8-9,11H2. The van der Waals surface area contributed by atoms with Gasteiger partial charge in [0.25, 0.3) is 0 Å². The van der Waals surface area contributed by atoms with E-state index in [4.69, 9.17) is 9.15 Å². The maximum atomic E-state index is 5.85. The second-order valence-electron chi connectivity index (χ2n) is 5.58. The molecule has 5 nitrogen and oxygen atoms in total. The average Bonchev–Trinajstić information content (AvgIpc) is 3.23. The Kier molecular flexibility index (Phi) is 3.56. The lowest BCUT2D eigenvalue weighted by Crippen LogP contribution is -2.18. The molecule has 114 valence electrons. The van der Waals surface area contributed by atoms with Gasteiger partial charge < -0.3 is 14.5 Å². The predicted octanol–water partition coefficient (Wildman–Crippen LogP) is 3.94. The van der Waals surface area contributed by atoms with Crippen molar-refractivity contribution in [2.24, 2.45) is 0 Å². The number of nitrogens with zero attached hydrogens (tertiary/aromatic N) is 2. The third-order valence-electron chi connectivity index (χ3n) is 4.10. The van der Waals surface area contributed by atoms with Crippen molar-refractivity contribution in [3.63, 3.8) is 0 Å². The van der Waals surface area contributed by atoms with Gasteiger partial charge in [-0.25, -0.2) is 4.68 Å². The lowest BCUT2D eigenvalue weighted by atomic mass is 10.1. The average molecular weight is 297 g/mol. The molecule has 0 spiro atoms. The molecule has 2 aromatic heterocycles. The zero-order valence-corrected chi connectivity index (χ0v) is 12.4. The highest BCUT2D eigenvalue weighted by molar-refractivity contribution is 5.91. The first-order valence-electron chi connectivity index (χ1n) is 7.76. The fraction of sp³-hybridized carbons (Fsp3) is 0.353. The molecule has 4 rings (SSSR count). The Balaban J connectivity index is 1.61.